The summed E-state index contributed by atoms with van der Waals surface area (Å²) in [6.45, 7) is -0.273. The highest BCUT2D eigenvalue weighted by atomic mass is 79.9. The van der Waals surface area contributed by atoms with E-state index < -0.39 is 17.9 Å². The van der Waals surface area contributed by atoms with E-state index in [-0.39, 0.29) is 23.4 Å². The topological polar surface area (TPSA) is 112 Å². The predicted molar refractivity (Wildman–Crippen MR) is 138 cm³/mol. The summed E-state index contributed by atoms with van der Waals surface area (Å²) in [5.74, 6) is -0.266. The third kappa shape index (κ3) is 4.10. The number of nitrogens with two attached hydrogens (primary N) is 1. The Labute approximate surface area is 218 Å². The van der Waals surface area contributed by atoms with Crippen LogP contribution >= 0.6 is 27.5 Å². The van der Waals surface area contributed by atoms with Gasteiger partial charge in [0.1, 0.15) is 17.1 Å². The highest BCUT2D eigenvalue weighted by Crippen LogP contribution is 2.43. The number of halogens is 2. The van der Waals surface area contributed by atoms with Crippen LogP contribution in [0.3, 0.4) is 0 Å². The molecule has 5 rings (SSSR count). The van der Waals surface area contributed by atoms with Gasteiger partial charge in [-0.1, -0.05) is 39.7 Å². The summed E-state index contributed by atoms with van der Waals surface area (Å²) >= 11 is 9.76. The number of fused-ring (bicyclic) bond motifs is 2. The molecule has 2 N–H and O–H groups in total. The van der Waals surface area contributed by atoms with E-state index in [0.717, 1.165) is 0 Å². The SMILES string of the molecule is COc1ccc(N2C(=O)c3oc4ccc(Br)cc4c(=O)c3C2c2ccc(OCC(N)=O)cc2)cc1Cl. The van der Waals surface area contributed by atoms with Gasteiger partial charge < -0.3 is 19.6 Å². The number of hydrogen-bond acceptors (Lipinski definition) is 6. The molecule has 0 saturated heterocycles. The van der Waals surface area contributed by atoms with Crippen molar-refractivity contribution in [2.45, 2.75) is 6.04 Å². The Bertz CT molecular complexity index is 1580. The van der Waals surface area contributed by atoms with Crippen LogP contribution in [0.2, 0.25) is 5.02 Å². The molecule has 10 heteroatoms. The molecule has 4 aromatic rings. The smallest absolute Gasteiger partial charge is 0.295 e. The number of benzene rings is 3. The van der Waals surface area contributed by atoms with Crippen LogP contribution in [0.25, 0.3) is 11.0 Å². The Hall–Kier alpha value is -3.82. The molecule has 2 amide bonds. The minimum atomic E-state index is -0.804. The average Bonchev–Trinajstić information content (AvgIpc) is 3.16. The quantitative estimate of drug-likeness (QED) is 0.356. The van der Waals surface area contributed by atoms with E-state index in [2.05, 4.69) is 15.9 Å². The van der Waals surface area contributed by atoms with Crippen LogP contribution in [-0.2, 0) is 4.79 Å². The van der Waals surface area contributed by atoms with Crippen LogP contribution in [0, 0.1) is 0 Å². The van der Waals surface area contributed by atoms with Crippen molar-refractivity contribution in [2.75, 3.05) is 18.6 Å². The van der Waals surface area contributed by atoms with Gasteiger partial charge in [0.15, 0.2) is 12.0 Å². The van der Waals surface area contributed by atoms with E-state index >= 15 is 0 Å². The lowest BCUT2D eigenvalue weighted by molar-refractivity contribution is -0.119. The zero-order valence-corrected chi connectivity index (χ0v) is 21.1. The molecule has 182 valence electrons. The number of hydrogen-bond donors (Lipinski definition) is 1. The van der Waals surface area contributed by atoms with E-state index in [1.807, 2.05) is 0 Å². The lowest BCUT2D eigenvalue weighted by atomic mass is 9.98. The lowest BCUT2D eigenvalue weighted by Gasteiger charge is -2.26. The number of anilines is 1. The summed E-state index contributed by atoms with van der Waals surface area (Å²) < 4.78 is 17.3. The van der Waals surface area contributed by atoms with Crippen LogP contribution in [0.4, 0.5) is 5.69 Å². The second-order valence-corrected chi connectivity index (χ2v) is 9.36. The third-order valence-electron chi connectivity index (χ3n) is 5.82. The highest BCUT2D eigenvalue weighted by Gasteiger charge is 2.43. The zero-order chi connectivity index (χ0) is 25.6. The van der Waals surface area contributed by atoms with E-state index in [1.54, 1.807) is 60.7 Å². The first-order chi connectivity index (χ1) is 17.3. The number of primary amides is 1. The molecular weight excluding hydrogens is 552 g/mol. The second kappa shape index (κ2) is 9.33. The maximum atomic E-state index is 13.7. The predicted octanol–water partition coefficient (Wildman–Crippen LogP) is 4.83. The molecule has 3 aromatic carbocycles. The molecule has 36 heavy (non-hydrogen) atoms. The summed E-state index contributed by atoms with van der Waals surface area (Å²) in [6.07, 6.45) is 0. The molecule has 8 nitrogen and oxygen atoms in total. The molecule has 1 aliphatic rings. The van der Waals surface area contributed by atoms with Gasteiger partial charge in [-0.2, -0.15) is 0 Å². The number of carbonyl (C=O) groups excluding carboxylic acids is 2. The standard InChI is InChI=1S/C26H18BrClN2O6/c1-34-20-9-5-15(11-18(20)28)30-23(13-2-6-16(7-3-13)35-12-21(29)31)22-24(32)17-10-14(27)4-8-19(17)36-25(22)26(30)33/h2-11,23H,12H2,1H3,(H2,29,31). The molecule has 1 atom stereocenters. The first-order valence-electron chi connectivity index (χ1n) is 10.7. The van der Waals surface area contributed by atoms with Gasteiger partial charge in [0, 0.05) is 10.2 Å². The summed E-state index contributed by atoms with van der Waals surface area (Å²) in [4.78, 5) is 39.9. The molecule has 0 radical (unpaired) electrons. The van der Waals surface area contributed by atoms with Crippen molar-refractivity contribution in [2.24, 2.45) is 5.73 Å². The van der Waals surface area contributed by atoms with Gasteiger partial charge in [-0.05, 0) is 54.1 Å². The first-order valence-corrected chi connectivity index (χ1v) is 11.9. The van der Waals surface area contributed by atoms with Gasteiger partial charge >= 0.3 is 0 Å². The summed E-state index contributed by atoms with van der Waals surface area (Å²) in [5, 5.41) is 0.651. The number of carbonyl (C=O) groups is 2. The number of methoxy groups -OCH3 is 1. The van der Waals surface area contributed by atoms with Crippen molar-refractivity contribution >= 4 is 56.0 Å². The van der Waals surface area contributed by atoms with E-state index in [9.17, 15) is 14.4 Å². The second-order valence-electron chi connectivity index (χ2n) is 8.04. The monoisotopic (exact) mass is 568 g/mol. The van der Waals surface area contributed by atoms with Crippen LogP contribution in [0.5, 0.6) is 11.5 Å². The molecule has 0 fully saturated rings. The van der Waals surface area contributed by atoms with Gasteiger partial charge in [-0.3, -0.25) is 19.3 Å². The highest BCUT2D eigenvalue weighted by molar-refractivity contribution is 9.10. The average molecular weight is 570 g/mol. The Balaban J connectivity index is 1.70. The summed E-state index contributed by atoms with van der Waals surface area (Å²) in [6, 6.07) is 15.9. The molecule has 1 aromatic heterocycles. The van der Waals surface area contributed by atoms with Gasteiger partial charge in [0.2, 0.25) is 5.76 Å². The third-order valence-corrected chi connectivity index (χ3v) is 6.61. The molecule has 1 unspecified atom stereocenters. The Morgan fingerprint density at radius 2 is 1.86 bits per heavy atom. The van der Waals surface area contributed by atoms with E-state index in [4.69, 9.17) is 31.2 Å². The number of nitrogens with zero attached hydrogens (tertiary/aromatic N) is 1. The molecule has 2 heterocycles. The largest absolute Gasteiger partial charge is 0.495 e. The van der Waals surface area contributed by atoms with Crippen molar-refractivity contribution < 1.29 is 23.5 Å². The van der Waals surface area contributed by atoms with Crippen LogP contribution < -0.4 is 25.5 Å². The van der Waals surface area contributed by atoms with Crippen molar-refractivity contribution in [1.82, 2.24) is 0 Å². The van der Waals surface area contributed by atoms with Crippen LogP contribution in [0.15, 0.2) is 74.3 Å². The van der Waals surface area contributed by atoms with E-state index in [0.29, 0.717) is 43.2 Å². The Morgan fingerprint density at radius 3 is 2.53 bits per heavy atom. The number of rotatable bonds is 6. The van der Waals surface area contributed by atoms with Crippen molar-refractivity contribution in [3.8, 4) is 11.5 Å². The first kappa shape index (κ1) is 23.9. The zero-order valence-electron chi connectivity index (χ0n) is 18.8. The van der Waals surface area contributed by atoms with Crippen molar-refractivity contribution in [1.29, 1.82) is 0 Å². The van der Waals surface area contributed by atoms with Gasteiger partial charge in [-0.15, -0.1) is 0 Å². The Kier molecular flexibility index (Phi) is 6.19. The molecule has 1 aliphatic heterocycles. The van der Waals surface area contributed by atoms with Gasteiger partial charge in [0.25, 0.3) is 11.8 Å². The summed E-state index contributed by atoms with van der Waals surface area (Å²) in [7, 11) is 1.49. The maximum Gasteiger partial charge on any atom is 0.295 e. The van der Waals surface area contributed by atoms with Gasteiger partial charge in [0.05, 0.1) is 29.1 Å². The molecule has 0 saturated carbocycles. The molecule has 0 spiro atoms. The van der Waals surface area contributed by atoms with Crippen molar-refractivity contribution in [3.05, 3.63) is 97.3 Å². The van der Waals surface area contributed by atoms with Gasteiger partial charge in [-0.25, -0.2) is 0 Å². The molecule has 0 aliphatic carbocycles. The molecular formula is C26H18BrClN2O6. The summed E-state index contributed by atoms with van der Waals surface area (Å²) in [5.41, 5.74) is 6.43. The Morgan fingerprint density at radius 1 is 1.11 bits per heavy atom. The van der Waals surface area contributed by atoms with E-state index in [1.165, 1.54) is 12.0 Å². The maximum absolute atomic E-state index is 13.7. The fourth-order valence-corrected chi connectivity index (χ4v) is 4.85. The lowest BCUT2D eigenvalue weighted by Crippen LogP contribution is -2.29. The number of ether oxygens (including phenoxy) is 2. The minimum Gasteiger partial charge on any atom is -0.495 e. The molecule has 0 bridgehead atoms. The van der Waals surface area contributed by atoms with Crippen molar-refractivity contribution in [3.63, 3.8) is 0 Å². The van der Waals surface area contributed by atoms with Crippen LogP contribution in [0.1, 0.15) is 27.7 Å². The number of amides is 2. The normalized spacial score (nSPS) is 14.7. The van der Waals surface area contributed by atoms with Crippen LogP contribution in [-0.4, -0.2) is 25.5 Å². The minimum absolute atomic E-state index is 0.0409. The fourth-order valence-electron chi connectivity index (χ4n) is 4.23. The fraction of sp³-hybridized carbons (Fsp3) is 0.115.